The van der Waals surface area contributed by atoms with E-state index < -0.39 is 17.3 Å². The summed E-state index contributed by atoms with van der Waals surface area (Å²) in [5, 5.41) is 24.9. The number of fused-ring (bicyclic) bond motifs is 3. The molecule has 3 aromatic carbocycles. The first kappa shape index (κ1) is 40.0. The van der Waals surface area contributed by atoms with E-state index in [0.29, 0.717) is 90.5 Å². The topological polar surface area (TPSA) is 176 Å². The third kappa shape index (κ3) is 6.08. The lowest BCUT2D eigenvalue weighted by Crippen LogP contribution is -2.41. The molecule has 3 atom stereocenters. The molecule has 328 valence electrons. The number of aromatic nitrogens is 9. The van der Waals surface area contributed by atoms with Gasteiger partial charge in [0.15, 0.2) is 5.82 Å². The van der Waals surface area contributed by atoms with Crippen LogP contribution in [0.15, 0.2) is 87.3 Å². The van der Waals surface area contributed by atoms with Crippen molar-refractivity contribution in [2.75, 3.05) is 26.4 Å². The largest absolute Gasteiger partial charge is 0.438 e. The number of amides is 1. The van der Waals surface area contributed by atoms with Gasteiger partial charge in [0.2, 0.25) is 0 Å². The van der Waals surface area contributed by atoms with Crippen LogP contribution in [0.2, 0.25) is 0 Å². The summed E-state index contributed by atoms with van der Waals surface area (Å²) < 4.78 is 34.4. The maximum Gasteiger partial charge on any atom is 0.438 e. The normalized spacial score (nSPS) is 20.1. The molecule has 3 aliphatic rings. The van der Waals surface area contributed by atoms with Crippen LogP contribution < -0.4 is 11.4 Å². The van der Waals surface area contributed by atoms with E-state index in [1.165, 1.54) is 5.56 Å². The van der Waals surface area contributed by atoms with Gasteiger partial charge in [0.1, 0.15) is 22.9 Å². The number of halogens is 1. The molecular formula is C47H47FN10O6. The number of ether oxygens (including phenoxy) is 1. The van der Waals surface area contributed by atoms with Gasteiger partial charge in [-0.25, -0.2) is 18.7 Å². The number of aromatic amines is 1. The predicted molar refractivity (Wildman–Crippen MR) is 234 cm³/mol. The van der Waals surface area contributed by atoms with E-state index in [9.17, 15) is 14.7 Å². The average Bonchev–Trinajstić information content (AvgIpc) is 3.94. The highest BCUT2D eigenvalue weighted by molar-refractivity contribution is 6.00. The first-order chi connectivity index (χ1) is 31.0. The quantitative estimate of drug-likeness (QED) is 0.177. The molecule has 2 aliphatic heterocycles. The maximum absolute atomic E-state index is 15.5. The minimum Gasteiger partial charge on any atom is -0.394 e. The fraction of sp³-hybridized carbons (Fsp3) is 0.362. The number of carbonyl (C=O) groups is 1. The van der Waals surface area contributed by atoms with Gasteiger partial charge < -0.3 is 19.3 Å². The molecule has 1 aliphatic carbocycles. The fourth-order valence-corrected chi connectivity index (χ4v) is 10.4. The van der Waals surface area contributed by atoms with E-state index in [4.69, 9.17) is 14.4 Å². The van der Waals surface area contributed by atoms with Gasteiger partial charge in [-0.2, -0.15) is 10.2 Å². The maximum atomic E-state index is 15.5. The predicted octanol–water partition coefficient (Wildman–Crippen LogP) is 5.98. The zero-order valence-corrected chi connectivity index (χ0v) is 35.9. The number of hydrogen-bond donors (Lipinski definition) is 2. The molecule has 17 heteroatoms. The summed E-state index contributed by atoms with van der Waals surface area (Å²) in [4.78, 5) is 47.2. The second-order valence-corrected chi connectivity index (χ2v) is 17.6. The van der Waals surface area contributed by atoms with Gasteiger partial charge in [0.25, 0.3) is 5.91 Å². The molecule has 0 unspecified atom stereocenters. The van der Waals surface area contributed by atoms with Crippen LogP contribution >= 0.6 is 0 Å². The molecular weight excluding hydrogens is 820 g/mol. The number of hydrogen-bond acceptors (Lipinski definition) is 9. The highest BCUT2D eigenvalue weighted by atomic mass is 19.1. The number of rotatable bonds is 9. The number of nitrogens with zero attached hydrogens (tertiary/aromatic N) is 9. The van der Waals surface area contributed by atoms with Crippen LogP contribution in [0.25, 0.3) is 39.0 Å². The fourth-order valence-electron chi connectivity index (χ4n) is 10.4. The highest BCUT2D eigenvalue weighted by Crippen LogP contribution is 2.56. The molecule has 8 aromatic rings. The van der Waals surface area contributed by atoms with Gasteiger partial charge in [-0.1, -0.05) is 18.1 Å². The Morgan fingerprint density at radius 3 is 2.42 bits per heavy atom. The number of aliphatic hydroxyl groups excluding tert-OH is 1. The molecule has 1 saturated heterocycles. The van der Waals surface area contributed by atoms with Crippen LogP contribution in [-0.4, -0.2) is 85.7 Å². The SMILES string of the molecule is Cc1cc(-n2nc3c(c2-n2ccn(-c4ccc5c(cnn5CCO)c4)c2=O)[C@H](C)N(C(=O)c2cc4cc(C5CCOCC5)ccc4n2[C@@]2(c4noc(=O)[nH]4)C[C@@H]2C)CC3)cc(C)c1F. The van der Waals surface area contributed by atoms with E-state index in [1.807, 2.05) is 40.7 Å². The number of aryl methyl sites for hydroxylation is 2. The molecule has 0 spiro atoms. The lowest BCUT2D eigenvalue weighted by Gasteiger charge is -2.34. The smallest absolute Gasteiger partial charge is 0.394 e. The van der Waals surface area contributed by atoms with E-state index in [2.05, 4.69) is 40.4 Å². The van der Waals surface area contributed by atoms with Crippen LogP contribution in [0.5, 0.6) is 0 Å². The second-order valence-electron chi connectivity index (χ2n) is 17.6. The van der Waals surface area contributed by atoms with Crippen molar-refractivity contribution in [2.45, 2.75) is 77.4 Å². The standard InChI is InChI=1S/C47H47FN10O6/c1-26-19-35(20-27(2)41(26)48)58-42(55-14-13-54(46(55)62)34-6-8-37-33(22-34)25-49-56(37)15-16-59)40-29(4)53(12-9-36(40)51-58)43(60)39-23-32-21-31(30-10-17-63-18-11-30)5-7-38(32)57(39)47(24-28(47)3)44-50-45(61)64-52-44/h5-8,13-14,19-23,25,28-30,59H,9-12,15-18,24H2,1-4H3,(H,50,52,61)/t28-,29-,47-/m0/s1. The van der Waals surface area contributed by atoms with E-state index in [1.54, 1.807) is 63.1 Å². The van der Waals surface area contributed by atoms with Crippen LogP contribution in [0.1, 0.15) is 89.3 Å². The molecule has 0 bridgehead atoms. The molecule has 11 rings (SSSR count). The molecule has 1 amide bonds. The van der Waals surface area contributed by atoms with E-state index >= 15 is 9.18 Å². The lowest BCUT2D eigenvalue weighted by atomic mass is 9.91. The number of imidazole rings is 1. The monoisotopic (exact) mass is 866 g/mol. The van der Waals surface area contributed by atoms with Gasteiger partial charge >= 0.3 is 11.4 Å². The van der Waals surface area contributed by atoms with Crippen LogP contribution in [-0.2, 0) is 23.2 Å². The third-order valence-electron chi connectivity index (χ3n) is 13.9. The molecule has 7 heterocycles. The number of H-pyrrole nitrogens is 1. The summed E-state index contributed by atoms with van der Waals surface area (Å²) in [6, 6.07) is 16.8. The first-order valence-electron chi connectivity index (χ1n) is 21.8. The number of benzene rings is 3. The van der Waals surface area contributed by atoms with Gasteiger partial charge in [-0.05, 0) is 117 Å². The van der Waals surface area contributed by atoms with Crippen molar-refractivity contribution >= 4 is 27.7 Å². The van der Waals surface area contributed by atoms with Crippen molar-refractivity contribution in [1.82, 2.24) is 48.3 Å². The molecule has 64 heavy (non-hydrogen) atoms. The zero-order valence-electron chi connectivity index (χ0n) is 35.9. The van der Waals surface area contributed by atoms with Crippen LogP contribution in [0, 0.1) is 25.6 Å². The highest BCUT2D eigenvalue weighted by Gasteiger charge is 2.59. The first-order valence-corrected chi connectivity index (χ1v) is 21.8. The summed E-state index contributed by atoms with van der Waals surface area (Å²) >= 11 is 0. The molecule has 0 radical (unpaired) electrons. The molecule has 1 saturated carbocycles. The molecule has 5 aromatic heterocycles. The molecule has 16 nitrogen and oxygen atoms in total. The Balaban J connectivity index is 1.05. The summed E-state index contributed by atoms with van der Waals surface area (Å²) in [5.41, 5.74) is 5.59. The number of carbonyl (C=O) groups excluding carboxylic acids is 1. The Morgan fingerprint density at radius 1 is 0.953 bits per heavy atom. The minimum atomic E-state index is -0.825. The van der Waals surface area contributed by atoms with Crippen molar-refractivity contribution < 1.29 is 23.6 Å². The number of aliphatic hydroxyl groups is 1. The second kappa shape index (κ2) is 14.9. The molecule has 2 fully saturated rings. The Hall–Kier alpha value is -6.85. The van der Waals surface area contributed by atoms with Crippen molar-refractivity contribution in [2.24, 2.45) is 5.92 Å². The van der Waals surface area contributed by atoms with Crippen molar-refractivity contribution in [3.05, 3.63) is 140 Å². The number of nitrogens with one attached hydrogen (secondary N) is 1. The van der Waals surface area contributed by atoms with E-state index in [-0.39, 0.29) is 29.9 Å². The molecule has 2 N–H and O–H groups in total. The Kier molecular flexibility index (Phi) is 9.29. The van der Waals surface area contributed by atoms with Gasteiger partial charge in [-0.3, -0.25) is 28.1 Å². The van der Waals surface area contributed by atoms with Gasteiger partial charge in [0, 0.05) is 60.4 Å². The van der Waals surface area contributed by atoms with E-state index in [0.717, 1.165) is 40.3 Å². The van der Waals surface area contributed by atoms with Crippen LogP contribution in [0.4, 0.5) is 4.39 Å². The third-order valence-corrected chi connectivity index (χ3v) is 13.9. The Bertz CT molecular complexity index is 3260. The average molecular weight is 867 g/mol. The van der Waals surface area contributed by atoms with Gasteiger partial charge in [-0.15, -0.1) is 0 Å². The summed E-state index contributed by atoms with van der Waals surface area (Å²) in [7, 11) is 0. The van der Waals surface area contributed by atoms with Crippen LogP contribution in [0.3, 0.4) is 0 Å². The van der Waals surface area contributed by atoms with Crippen molar-refractivity contribution in [3.8, 4) is 17.2 Å². The lowest BCUT2D eigenvalue weighted by molar-refractivity contribution is 0.0663. The van der Waals surface area contributed by atoms with Crippen molar-refractivity contribution in [1.29, 1.82) is 0 Å². The summed E-state index contributed by atoms with van der Waals surface area (Å²) in [5.74, 6) is -0.0277. The van der Waals surface area contributed by atoms with Crippen molar-refractivity contribution in [3.63, 3.8) is 0 Å². The minimum absolute atomic E-state index is 0.0248. The summed E-state index contributed by atoms with van der Waals surface area (Å²) in [6.45, 7) is 9.46. The Labute approximate surface area is 365 Å². The Morgan fingerprint density at radius 2 is 1.70 bits per heavy atom. The summed E-state index contributed by atoms with van der Waals surface area (Å²) in [6.07, 6.45) is 7.94. The zero-order chi connectivity index (χ0) is 44.2. The van der Waals surface area contributed by atoms with Gasteiger partial charge in [0.05, 0.1) is 48.0 Å².